The number of hydrogen-bond donors (Lipinski definition) is 1. The van der Waals surface area contributed by atoms with Crippen molar-refractivity contribution in [1.29, 1.82) is 0 Å². The molecule has 0 unspecified atom stereocenters. The summed E-state index contributed by atoms with van der Waals surface area (Å²) >= 11 is 0. The molecule has 26 heavy (non-hydrogen) atoms. The van der Waals surface area contributed by atoms with Crippen molar-refractivity contribution >= 4 is 5.78 Å². The number of nitrogens with one attached hydrogen (secondary N) is 1. The van der Waals surface area contributed by atoms with Crippen molar-refractivity contribution in [2.75, 3.05) is 6.54 Å². The molecule has 2 aromatic rings. The molecule has 136 valence electrons. The van der Waals surface area contributed by atoms with E-state index in [-0.39, 0.29) is 30.5 Å². The molecule has 6 nitrogen and oxygen atoms in total. The molecule has 0 atom stereocenters. The smallest absolute Gasteiger partial charge is 0.317 e. The molecule has 1 aromatic carbocycles. The van der Waals surface area contributed by atoms with Gasteiger partial charge >= 0.3 is 5.69 Å². The number of carbonyl (C=O) groups is 1. The Morgan fingerprint density at radius 2 is 1.81 bits per heavy atom. The number of hydrogen-bond acceptors (Lipinski definition) is 3. The van der Waals surface area contributed by atoms with Gasteiger partial charge in [0.15, 0.2) is 0 Å². The van der Waals surface area contributed by atoms with Crippen molar-refractivity contribution in [1.82, 2.24) is 9.55 Å². The molecule has 0 spiro atoms. The standard InChI is InChI=1S/C20H23N3O3/c1-12(2)16-17(18(24)15-10-13(3)9-14(4)11-15)23(8-6-7-21-5)20(26)22-19(16)25/h9-12H,6-8H2,1-4H3,(H,22,25,26). The van der Waals surface area contributed by atoms with Crippen molar-refractivity contribution in [3.8, 4) is 0 Å². The summed E-state index contributed by atoms with van der Waals surface area (Å²) in [5.74, 6) is -0.567. The Labute approximate surface area is 152 Å². The van der Waals surface area contributed by atoms with Gasteiger partial charge in [0.1, 0.15) is 5.69 Å². The number of ketones is 1. The molecule has 0 aliphatic rings. The van der Waals surface area contributed by atoms with Gasteiger partial charge in [0.2, 0.25) is 12.3 Å². The number of H-pyrrole nitrogens is 1. The van der Waals surface area contributed by atoms with Crippen molar-refractivity contribution in [2.24, 2.45) is 0 Å². The summed E-state index contributed by atoms with van der Waals surface area (Å²) in [6.07, 6.45) is 0.431. The van der Waals surface area contributed by atoms with Crippen LogP contribution in [0, 0.1) is 20.4 Å². The predicted molar refractivity (Wildman–Crippen MR) is 101 cm³/mol. The van der Waals surface area contributed by atoms with E-state index in [2.05, 4.69) is 9.83 Å². The van der Waals surface area contributed by atoms with Crippen LogP contribution in [-0.4, -0.2) is 21.9 Å². The second-order valence-corrected chi connectivity index (χ2v) is 6.77. The van der Waals surface area contributed by atoms with Crippen molar-refractivity contribution < 1.29 is 4.79 Å². The number of aromatic nitrogens is 2. The molecule has 0 amide bonds. The first-order valence-electron chi connectivity index (χ1n) is 8.59. The lowest BCUT2D eigenvalue weighted by molar-refractivity contribution is 0.102. The Kier molecular flexibility index (Phi) is 5.93. The largest absolute Gasteiger partial charge is 0.328 e. The minimum Gasteiger partial charge on any atom is -0.317 e. The third kappa shape index (κ3) is 3.99. The third-order valence-electron chi connectivity index (χ3n) is 4.16. The van der Waals surface area contributed by atoms with Gasteiger partial charge in [-0.2, -0.15) is 0 Å². The van der Waals surface area contributed by atoms with Gasteiger partial charge in [-0.25, -0.2) is 11.4 Å². The SMILES string of the molecule is [C-]#[N+]CCCn1c(C(=O)c2cc(C)cc(C)c2)c(C(C)C)c(=O)[nH]c1=O. The fourth-order valence-corrected chi connectivity index (χ4v) is 3.13. The van der Waals surface area contributed by atoms with Crippen LogP contribution in [-0.2, 0) is 6.54 Å². The van der Waals surface area contributed by atoms with Gasteiger partial charge in [0.25, 0.3) is 5.56 Å². The minimum absolute atomic E-state index is 0.128. The van der Waals surface area contributed by atoms with E-state index in [0.29, 0.717) is 17.5 Å². The van der Waals surface area contributed by atoms with Crippen LogP contribution in [0.2, 0.25) is 0 Å². The lowest BCUT2D eigenvalue weighted by Gasteiger charge is -2.17. The zero-order valence-electron chi connectivity index (χ0n) is 15.5. The highest BCUT2D eigenvalue weighted by Gasteiger charge is 2.24. The van der Waals surface area contributed by atoms with E-state index in [1.54, 1.807) is 12.1 Å². The first-order chi connectivity index (χ1) is 12.3. The molecule has 6 heteroatoms. The molecule has 0 fully saturated rings. The molecular weight excluding hydrogens is 330 g/mol. The number of rotatable bonds is 6. The molecule has 1 aromatic heterocycles. The maximum atomic E-state index is 13.3. The van der Waals surface area contributed by atoms with Gasteiger partial charge in [-0.3, -0.25) is 19.1 Å². The Morgan fingerprint density at radius 1 is 1.19 bits per heavy atom. The average Bonchev–Trinajstić information content (AvgIpc) is 2.54. The van der Waals surface area contributed by atoms with Gasteiger partial charge in [0, 0.05) is 24.1 Å². The average molecular weight is 353 g/mol. The number of aromatic amines is 1. The lowest BCUT2D eigenvalue weighted by atomic mass is 9.95. The normalized spacial score (nSPS) is 10.8. The van der Waals surface area contributed by atoms with Crippen LogP contribution >= 0.6 is 0 Å². The summed E-state index contributed by atoms with van der Waals surface area (Å²) in [6, 6.07) is 5.48. The van der Waals surface area contributed by atoms with Crippen molar-refractivity contribution in [3.63, 3.8) is 0 Å². The zero-order valence-corrected chi connectivity index (χ0v) is 15.5. The van der Waals surface area contributed by atoms with E-state index in [1.807, 2.05) is 33.8 Å². The van der Waals surface area contributed by atoms with Crippen LogP contribution in [0.5, 0.6) is 0 Å². The van der Waals surface area contributed by atoms with Crippen LogP contribution in [0.3, 0.4) is 0 Å². The molecule has 2 rings (SSSR count). The monoisotopic (exact) mass is 353 g/mol. The highest BCUT2D eigenvalue weighted by atomic mass is 16.2. The fourth-order valence-electron chi connectivity index (χ4n) is 3.13. The van der Waals surface area contributed by atoms with E-state index in [4.69, 9.17) is 6.57 Å². The Bertz CT molecular complexity index is 971. The fraction of sp³-hybridized carbons (Fsp3) is 0.400. The molecule has 0 aliphatic heterocycles. The molecule has 0 saturated carbocycles. The number of aryl methyl sites for hydroxylation is 2. The number of nitrogens with zero attached hydrogens (tertiary/aromatic N) is 2. The molecular formula is C20H23N3O3. The Hall–Kier alpha value is -2.94. The summed E-state index contributed by atoms with van der Waals surface area (Å²) in [5, 5.41) is 0. The molecule has 1 heterocycles. The first kappa shape index (κ1) is 19.4. The summed E-state index contributed by atoms with van der Waals surface area (Å²) < 4.78 is 1.31. The highest BCUT2D eigenvalue weighted by Crippen LogP contribution is 2.20. The molecule has 0 aliphatic carbocycles. The predicted octanol–water partition coefficient (Wildman–Crippen LogP) is 2.82. The van der Waals surface area contributed by atoms with Crippen molar-refractivity contribution in [3.05, 3.63) is 78.4 Å². The van der Waals surface area contributed by atoms with E-state index >= 15 is 0 Å². The van der Waals surface area contributed by atoms with Crippen LogP contribution in [0.25, 0.3) is 4.85 Å². The molecule has 0 radical (unpaired) electrons. The van der Waals surface area contributed by atoms with Gasteiger partial charge in [0.05, 0.1) is 0 Å². The second-order valence-electron chi connectivity index (χ2n) is 6.77. The highest BCUT2D eigenvalue weighted by molar-refractivity contribution is 6.09. The summed E-state index contributed by atoms with van der Waals surface area (Å²) in [4.78, 5) is 43.6. The maximum absolute atomic E-state index is 13.3. The van der Waals surface area contributed by atoms with Crippen molar-refractivity contribution in [2.45, 2.75) is 46.6 Å². The second kappa shape index (κ2) is 7.96. The molecule has 0 saturated heterocycles. The van der Waals surface area contributed by atoms with Crippen LogP contribution in [0.1, 0.15) is 58.9 Å². The zero-order chi connectivity index (χ0) is 19.4. The van der Waals surface area contributed by atoms with Crippen LogP contribution in [0.4, 0.5) is 0 Å². The number of benzene rings is 1. The topological polar surface area (TPSA) is 76.3 Å². The summed E-state index contributed by atoms with van der Waals surface area (Å²) in [7, 11) is 0. The first-order valence-corrected chi connectivity index (χ1v) is 8.59. The maximum Gasteiger partial charge on any atom is 0.328 e. The van der Waals surface area contributed by atoms with Gasteiger partial charge in [-0.05, 0) is 31.9 Å². The Balaban J connectivity index is 2.74. The van der Waals surface area contributed by atoms with Gasteiger partial charge < -0.3 is 4.85 Å². The summed E-state index contributed by atoms with van der Waals surface area (Å²) in [5.41, 5.74) is 1.61. The van der Waals surface area contributed by atoms with Gasteiger partial charge in [-0.15, -0.1) is 0 Å². The lowest BCUT2D eigenvalue weighted by Crippen LogP contribution is -2.38. The van der Waals surface area contributed by atoms with E-state index in [0.717, 1.165) is 11.1 Å². The van der Waals surface area contributed by atoms with Gasteiger partial charge in [-0.1, -0.05) is 31.0 Å². The third-order valence-corrected chi connectivity index (χ3v) is 4.16. The number of carbonyl (C=O) groups excluding carboxylic acids is 1. The minimum atomic E-state index is -0.614. The molecule has 1 N–H and O–H groups in total. The van der Waals surface area contributed by atoms with E-state index < -0.39 is 11.2 Å². The van der Waals surface area contributed by atoms with E-state index in [9.17, 15) is 14.4 Å². The van der Waals surface area contributed by atoms with Crippen LogP contribution in [0.15, 0.2) is 27.8 Å². The van der Waals surface area contributed by atoms with E-state index in [1.165, 1.54) is 4.57 Å². The Morgan fingerprint density at radius 3 is 2.35 bits per heavy atom. The summed E-state index contributed by atoms with van der Waals surface area (Å²) in [6.45, 7) is 14.8. The molecule has 0 bridgehead atoms. The quantitative estimate of drug-likeness (QED) is 0.493. The van der Waals surface area contributed by atoms with Crippen LogP contribution < -0.4 is 11.2 Å².